The standard InChI is InChI=1S/C18H30O3/c1-2-3-4-5-6-7-8-9-13-18-14-17(20)21-16(18)12-10-11-15(18)19/h16H,2-14H2,1H3/t16-,18+/m0/s1. The van der Waals surface area contributed by atoms with Gasteiger partial charge in [0.1, 0.15) is 11.9 Å². The molecule has 0 bridgehead atoms. The first-order valence-corrected chi connectivity index (χ1v) is 8.92. The molecule has 0 amide bonds. The first-order chi connectivity index (χ1) is 10.2. The molecular formula is C18H30O3. The van der Waals surface area contributed by atoms with Gasteiger partial charge in [-0.25, -0.2) is 0 Å². The molecule has 0 spiro atoms. The van der Waals surface area contributed by atoms with Gasteiger partial charge in [-0.05, 0) is 19.3 Å². The number of unbranched alkanes of at least 4 members (excludes halogenated alkanes) is 7. The van der Waals surface area contributed by atoms with Crippen LogP contribution in [0.15, 0.2) is 0 Å². The predicted molar refractivity (Wildman–Crippen MR) is 83.0 cm³/mol. The van der Waals surface area contributed by atoms with E-state index in [9.17, 15) is 9.59 Å². The van der Waals surface area contributed by atoms with Crippen molar-refractivity contribution in [2.75, 3.05) is 0 Å². The number of carbonyl (C=O) groups excluding carboxylic acids is 2. The van der Waals surface area contributed by atoms with Crippen LogP contribution in [0.1, 0.15) is 90.4 Å². The Morgan fingerprint density at radius 1 is 1.05 bits per heavy atom. The van der Waals surface area contributed by atoms with Crippen molar-refractivity contribution in [3.63, 3.8) is 0 Å². The third kappa shape index (κ3) is 4.08. The quantitative estimate of drug-likeness (QED) is 0.462. The highest BCUT2D eigenvalue weighted by molar-refractivity contribution is 5.92. The van der Waals surface area contributed by atoms with Crippen molar-refractivity contribution in [1.29, 1.82) is 0 Å². The van der Waals surface area contributed by atoms with E-state index in [0.29, 0.717) is 12.8 Å². The van der Waals surface area contributed by atoms with Crippen molar-refractivity contribution in [3.05, 3.63) is 0 Å². The molecule has 2 fully saturated rings. The minimum atomic E-state index is -0.447. The lowest BCUT2D eigenvalue weighted by Crippen LogP contribution is -2.42. The van der Waals surface area contributed by atoms with Crippen molar-refractivity contribution in [2.24, 2.45) is 5.41 Å². The maximum Gasteiger partial charge on any atom is 0.307 e. The van der Waals surface area contributed by atoms with E-state index in [1.54, 1.807) is 0 Å². The number of fused-ring (bicyclic) bond motifs is 1. The molecule has 2 aliphatic rings. The molecule has 21 heavy (non-hydrogen) atoms. The molecular weight excluding hydrogens is 264 g/mol. The number of rotatable bonds is 9. The van der Waals surface area contributed by atoms with Crippen LogP contribution in [0.4, 0.5) is 0 Å². The van der Waals surface area contributed by atoms with E-state index in [1.165, 1.54) is 44.9 Å². The molecule has 1 heterocycles. The molecule has 120 valence electrons. The molecule has 0 aromatic carbocycles. The van der Waals surface area contributed by atoms with Gasteiger partial charge in [0.15, 0.2) is 0 Å². The maximum absolute atomic E-state index is 12.3. The van der Waals surface area contributed by atoms with Gasteiger partial charge in [-0.15, -0.1) is 0 Å². The highest BCUT2D eigenvalue weighted by Crippen LogP contribution is 2.47. The van der Waals surface area contributed by atoms with Crippen molar-refractivity contribution in [1.82, 2.24) is 0 Å². The second-order valence-corrected chi connectivity index (χ2v) is 6.85. The Hall–Kier alpha value is -0.860. The first-order valence-electron chi connectivity index (χ1n) is 8.92. The topological polar surface area (TPSA) is 43.4 Å². The molecule has 0 aromatic heterocycles. The normalized spacial score (nSPS) is 28.5. The largest absolute Gasteiger partial charge is 0.461 e. The zero-order chi connectivity index (χ0) is 15.1. The SMILES string of the molecule is CCCCCCCCCC[C@]12CC(=O)O[C@H]1CCCC2=O. The van der Waals surface area contributed by atoms with Crippen molar-refractivity contribution < 1.29 is 14.3 Å². The van der Waals surface area contributed by atoms with Crippen LogP contribution in [0.5, 0.6) is 0 Å². The molecule has 1 saturated carbocycles. The Labute approximate surface area is 128 Å². The molecule has 2 atom stereocenters. The molecule has 2 rings (SSSR count). The monoisotopic (exact) mass is 294 g/mol. The fourth-order valence-corrected chi connectivity index (χ4v) is 3.96. The minimum absolute atomic E-state index is 0.115. The van der Waals surface area contributed by atoms with Crippen molar-refractivity contribution in [2.45, 2.75) is 96.5 Å². The molecule has 0 aromatic rings. The van der Waals surface area contributed by atoms with E-state index in [-0.39, 0.29) is 17.9 Å². The lowest BCUT2D eigenvalue weighted by Gasteiger charge is -2.35. The average molecular weight is 294 g/mol. The summed E-state index contributed by atoms with van der Waals surface area (Å²) in [5.41, 5.74) is -0.447. The van der Waals surface area contributed by atoms with Gasteiger partial charge >= 0.3 is 5.97 Å². The minimum Gasteiger partial charge on any atom is -0.461 e. The maximum atomic E-state index is 12.3. The summed E-state index contributed by atoms with van der Waals surface area (Å²) in [5, 5.41) is 0. The van der Waals surface area contributed by atoms with E-state index in [1.807, 2.05) is 0 Å². The number of hydrogen-bond acceptors (Lipinski definition) is 3. The van der Waals surface area contributed by atoms with Crippen molar-refractivity contribution in [3.8, 4) is 0 Å². The van der Waals surface area contributed by atoms with Gasteiger partial charge in [0, 0.05) is 6.42 Å². The van der Waals surface area contributed by atoms with Gasteiger partial charge in [0.25, 0.3) is 0 Å². The smallest absolute Gasteiger partial charge is 0.307 e. The molecule has 0 radical (unpaired) electrons. The summed E-state index contributed by atoms with van der Waals surface area (Å²) < 4.78 is 5.40. The second-order valence-electron chi connectivity index (χ2n) is 6.85. The van der Waals surface area contributed by atoms with Crippen LogP contribution in [0, 0.1) is 5.41 Å². The Kier molecular flexibility index (Phi) is 6.25. The van der Waals surface area contributed by atoms with Crippen LogP contribution in [-0.4, -0.2) is 17.9 Å². The lowest BCUT2D eigenvalue weighted by atomic mass is 9.67. The number of carbonyl (C=O) groups is 2. The zero-order valence-corrected chi connectivity index (χ0v) is 13.5. The van der Waals surface area contributed by atoms with E-state index >= 15 is 0 Å². The van der Waals surface area contributed by atoms with Gasteiger partial charge in [-0.3, -0.25) is 9.59 Å². The Bertz CT molecular complexity index is 363. The second kappa shape index (κ2) is 7.95. The van der Waals surface area contributed by atoms with Crippen molar-refractivity contribution >= 4 is 11.8 Å². The summed E-state index contributed by atoms with van der Waals surface area (Å²) in [6.07, 6.45) is 13.6. The summed E-state index contributed by atoms with van der Waals surface area (Å²) in [7, 11) is 0. The zero-order valence-electron chi connectivity index (χ0n) is 13.5. The summed E-state index contributed by atoms with van der Waals surface area (Å²) >= 11 is 0. The Morgan fingerprint density at radius 3 is 2.43 bits per heavy atom. The summed E-state index contributed by atoms with van der Waals surface area (Å²) in [6.45, 7) is 2.24. The van der Waals surface area contributed by atoms with E-state index in [4.69, 9.17) is 4.74 Å². The van der Waals surface area contributed by atoms with Crippen LogP contribution >= 0.6 is 0 Å². The van der Waals surface area contributed by atoms with Crippen LogP contribution < -0.4 is 0 Å². The Balaban J connectivity index is 1.70. The van der Waals surface area contributed by atoms with Crippen LogP contribution in [-0.2, 0) is 14.3 Å². The van der Waals surface area contributed by atoms with E-state index in [2.05, 4.69) is 6.92 Å². The average Bonchev–Trinajstić information content (AvgIpc) is 2.80. The number of ether oxygens (including phenoxy) is 1. The molecule has 1 aliphatic carbocycles. The third-order valence-electron chi connectivity index (χ3n) is 5.25. The molecule has 0 unspecified atom stereocenters. The Morgan fingerprint density at radius 2 is 1.71 bits per heavy atom. The fraction of sp³-hybridized carbons (Fsp3) is 0.889. The molecule has 1 saturated heterocycles. The van der Waals surface area contributed by atoms with Crippen LogP contribution in [0.3, 0.4) is 0 Å². The summed E-state index contributed by atoms with van der Waals surface area (Å²) in [4.78, 5) is 24.0. The van der Waals surface area contributed by atoms with Crippen LogP contribution in [0.2, 0.25) is 0 Å². The van der Waals surface area contributed by atoms with Gasteiger partial charge < -0.3 is 4.74 Å². The number of Topliss-reactive ketones (excluding diaryl/α,β-unsaturated/α-hetero) is 1. The predicted octanol–water partition coefficient (Wildman–Crippen LogP) is 4.57. The summed E-state index contributed by atoms with van der Waals surface area (Å²) in [5.74, 6) is 0.127. The number of hydrogen-bond donors (Lipinski definition) is 0. The van der Waals surface area contributed by atoms with Gasteiger partial charge in [0.05, 0.1) is 11.8 Å². The molecule has 0 N–H and O–H groups in total. The van der Waals surface area contributed by atoms with E-state index < -0.39 is 5.41 Å². The van der Waals surface area contributed by atoms with Gasteiger partial charge in [-0.1, -0.05) is 58.3 Å². The lowest BCUT2D eigenvalue weighted by molar-refractivity contribution is -0.144. The van der Waals surface area contributed by atoms with E-state index in [0.717, 1.165) is 25.7 Å². The first kappa shape index (κ1) is 16.5. The number of esters is 1. The van der Waals surface area contributed by atoms with Gasteiger partial charge in [-0.2, -0.15) is 0 Å². The molecule has 3 nitrogen and oxygen atoms in total. The molecule has 3 heteroatoms. The molecule has 1 aliphatic heterocycles. The summed E-state index contributed by atoms with van der Waals surface area (Å²) in [6, 6.07) is 0. The highest BCUT2D eigenvalue weighted by Gasteiger charge is 2.54. The highest BCUT2D eigenvalue weighted by atomic mass is 16.6. The number of ketones is 1. The fourth-order valence-electron chi connectivity index (χ4n) is 3.96. The third-order valence-corrected chi connectivity index (χ3v) is 5.25. The van der Waals surface area contributed by atoms with Gasteiger partial charge in [0.2, 0.25) is 0 Å². The van der Waals surface area contributed by atoms with Crippen LogP contribution in [0.25, 0.3) is 0 Å².